The van der Waals surface area contributed by atoms with Crippen molar-refractivity contribution in [1.82, 2.24) is 0 Å². The summed E-state index contributed by atoms with van der Waals surface area (Å²) < 4.78 is 0. The molecule has 6 rings (SSSR count). The molecular formula is C37H28O2. The fourth-order valence-electron chi connectivity index (χ4n) is 5.03. The molecule has 0 saturated carbocycles. The van der Waals surface area contributed by atoms with Crippen LogP contribution in [0.15, 0.2) is 146 Å². The van der Waals surface area contributed by atoms with E-state index in [4.69, 9.17) is 0 Å². The number of hydrogen-bond acceptors (Lipinski definition) is 2. The maximum atomic E-state index is 10.6. The Morgan fingerprint density at radius 3 is 1.05 bits per heavy atom. The molecule has 6 aromatic carbocycles. The van der Waals surface area contributed by atoms with Crippen molar-refractivity contribution in [3.63, 3.8) is 0 Å². The van der Waals surface area contributed by atoms with Crippen LogP contribution >= 0.6 is 0 Å². The Kier molecular flexibility index (Phi) is 6.67. The standard InChI is InChI=1S/C37H28O2/c38-36-21-11-26(24-34(36)32-17-13-30(14-18-32)28-7-3-1-4-8-28)23-27-12-22-37(39)35(25-27)33-19-15-31(16-20-33)29-9-5-2-6-10-29/h1-22,24-25,38-39H,23H2. The first kappa shape index (κ1) is 24.3. The number of rotatable bonds is 6. The van der Waals surface area contributed by atoms with Crippen molar-refractivity contribution >= 4 is 0 Å². The van der Waals surface area contributed by atoms with Gasteiger partial charge >= 0.3 is 0 Å². The molecular weight excluding hydrogens is 476 g/mol. The van der Waals surface area contributed by atoms with Crippen LogP contribution in [0.1, 0.15) is 11.1 Å². The molecule has 188 valence electrons. The van der Waals surface area contributed by atoms with Gasteiger partial charge in [-0.15, -0.1) is 0 Å². The second-order valence-electron chi connectivity index (χ2n) is 9.77. The van der Waals surface area contributed by atoms with E-state index in [0.29, 0.717) is 6.42 Å². The first-order valence-electron chi connectivity index (χ1n) is 13.1. The summed E-state index contributed by atoms with van der Waals surface area (Å²) in [6.07, 6.45) is 0.685. The zero-order valence-electron chi connectivity index (χ0n) is 21.5. The fourth-order valence-corrected chi connectivity index (χ4v) is 5.03. The third-order valence-electron chi connectivity index (χ3n) is 7.14. The minimum atomic E-state index is 0.260. The van der Waals surface area contributed by atoms with Gasteiger partial charge in [-0.05, 0) is 75.2 Å². The number of phenols is 2. The highest BCUT2D eigenvalue weighted by Gasteiger charge is 2.10. The minimum absolute atomic E-state index is 0.260. The SMILES string of the molecule is Oc1ccc(Cc2ccc(O)c(-c3ccc(-c4ccccc4)cc3)c2)cc1-c1ccc(-c2ccccc2)cc1. The van der Waals surface area contributed by atoms with Gasteiger partial charge in [0.15, 0.2) is 0 Å². The molecule has 0 amide bonds. The van der Waals surface area contributed by atoms with Crippen molar-refractivity contribution in [3.05, 3.63) is 157 Å². The molecule has 0 saturated heterocycles. The van der Waals surface area contributed by atoms with Gasteiger partial charge in [0.25, 0.3) is 0 Å². The Morgan fingerprint density at radius 2 is 0.667 bits per heavy atom. The Balaban J connectivity index is 1.25. The smallest absolute Gasteiger partial charge is 0.123 e. The van der Waals surface area contributed by atoms with E-state index in [2.05, 4.69) is 72.8 Å². The summed E-state index contributed by atoms with van der Waals surface area (Å²) in [4.78, 5) is 0. The van der Waals surface area contributed by atoms with Crippen LogP contribution in [-0.2, 0) is 6.42 Å². The molecule has 0 aliphatic heterocycles. The van der Waals surface area contributed by atoms with Crippen molar-refractivity contribution in [2.75, 3.05) is 0 Å². The highest BCUT2D eigenvalue weighted by atomic mass is 16.3. The summed E-state index contributed by atoms with van der Waals surface area (Å²) in [5, 5.41) is 21.3. The third-order valence-corrected chi connectivity index (χ3v) is 7.14. The number of hydrogen-bond donors (Lipinski definition) is 2. The average molecular weight is 505 g/mol. The fraction of sp³-hybridized carbons (Fsp3) is 0.0270. The normalized spacial score (nSPS) is 10.9. The van der Waals surface area contributed by atoms with E-state index in [1.165, 1.54) is 11.1 Å². The Morgan fingerprint density at radius 1 is 0.333 bits per heavy atom. The molecule has 2 N–H and O–H groups in total. The van der Waals surface area contributed by atoms with Crippen molar-refractivity contribution < 1.29 is 10.2 Å². The summed E-state index contributed by atoms with van der Waals surface area (Å²) in [6, 6.07) is 48.7. The molecule has 2 nitrogen and oxygen atoms in total. The molecule has 0 fully saturated rings. The summed E-state index contributed by atoms with van der Waals surface area (Å²) >= 11 is 0. The highest BCUT2D eigenvalue weighted by molar-refractivity contribution is 5.76. The van der Waals surface area contributed by atoms with Crippen LogP contribution in [0.3, 0.4) is 0 Å². The summed E-state index contributed by atoms with van der Waals surface area (Å²) in [5.41, 5.74) is 10.4. The van der Waals surface area contributed by atoms with Crippen molar-refractivity contribution in [3.8, 4) is 56.0 Å². The Labute approximate surface area is 229 Å². The lowest BCUT2D eigenvalue weighted by atomic mass is 9.94. The maximum absolute atomic E-state index is 10.6. The van der Waals surface area contributed by atoms with Gasteiger partial charge in [-0.1, -0.05) is 121 Å². The van der Waals surface area contributed by atoms with E-state index < -0.39 is 0 Å². The van der Waals surface area contributed by atoms with Crippen molar-refractivity contribution in [1.29, 1.82) is 0 Å². The average Bonchev–Trinajstić information content (AvgIpc) is 3.00. The molecule has 0 spiro atoms. The van der Waals surface area contributed by atoms with Crippen LogP contribution < -0.4 is 0 Å². The van der Waals surface area contributed by atoms with E-state index in [-0.39, 0.29) is 11.5 Å². The predicted molar refractivity (Wildman–Crippen MR) is 161 cm³/mol. The van der Waals surface area contributed by atoms with E-state index >= 15 is 0 Å². The number of benzene rings is 6. The predicted octanol–water partition coefficient (Wildman–Crippen LogP) is 9.36. The lowest BCUT2D eigenvalue weighted by Gasteiger charge is -2.12. The zero-order valence-corrected chi connectivity index (χ0v) is 21.5. The molecule has 0 aromatic heterocycles. The van der Waals surface area contributed by atoms with Crippen LogP contribution in [0.4, 0.5) is 0 Å². The third kappa shape index (κ3) is 5.32. The zero-order chi connectivity index (χ0) is 26.6. The summed E-state index contributed by atoms with van der Waals surface area (Å²) in [7, 11) is 0. The van der Waals surface area contributed by atoms with E-state index in [0.717, 1.165) is 44.5 Å². The highest BCUT2D eigenvalue weighted by Crippen LogP contribution is 2.35. The quantitative estimate of drug-likeness (QED) is 0.237. The molecule has 0 atom stereocenters. The van der Waals surface area contributed by atoms with Crippen LogP contribution in [0.5, 0.6) is 11.5 Å². The van der Waals surface area contributed by atoms with Gasteiger partial charge in [-0.25, -0.2) is 0 Å². The van der Waals surface area contributed by atoms with E-state index in [1.807, 2.05) is 60.7 Å². The molecule has 0 aliphatic carbocycles. The molecule has 0 aliphatic rings. The molecule has 2 heteroatoms. The van der Waals surface area contributed by atoms with Gasteiger partial charge in [-0.2, -0.15) is 0 Å². The van der Waals surface area contributed by atoms with Crippen LogP contribution in [0.25, 0.3) is 44.5 Å². The van der Waals surface area contributed by atoms with Gasteiger partial charge in [-0.3, -0.25) is 0 Å². The Bertz CT molecular complexity index is 1570. The monoisotopic (exact) mass is 504 g/mol. The van der Waals surface area contributed by atoms with E-state index in [9.17, 15) is 10.2 Å². The lowest BCUT2D eigenvalue weighted by Crippen LogP contribution is -1.91. The largest absolute Gasteiger partial charge is 0.507 e. The molecule has 0 bridgehead atoms. The van der Waals surface area contributed by atoms with Crippen molar-refractivity contribution in [2.24, 2.45) is 0 Å². The minimum Gasteiger partial charge on any atom is -0.507 e. The van der Waals surface area contributed by atoms with Gasteiger partial charge in [0.05, 0.1) is 0 Å². The van der Waals surface area contributed by atoms with Gasteiger partial charge in [0.2, 0.25) is 0 Å². The topological polar surface area (TPSA) is 40.5 Å². The number of aromatic hydroxyl groups is 2. The van der Waals surface area contributed by atoms with Gasteiger partial charge < -0.3 is 10.2 Å². The number of phenolic OH excluding ortho intramolecular Hbond substituents is 2. The summed E-state index contributed by atoms with van der Waals surface area (Å²) in [5.74, 6) is 0.521. The van der Waals surface area contributed by atoms with Crippen LogP contribution in [-0.4, -0.2) is 10.2 Å². The first-order chi connectivity index (χ1) is 19.1. The first-order valence-corrected chi connectivity index (χ1v) is 13.1. The second kappa shape index (κ2) is 10.7. The molecule has 0 heterocycles. The molecule has 6 aromatic rings. The van der Waals surface area contributed by atoms with Crippen LogP contribution in [0.2, 0.25) is 0 Å². The second-order valence-corrected chi connectivity index (χ2v) is 9.77. The van der Waals surface area contributed by atoms with Crippen LogP contribution in [0, 0.1) is 0 Å². The van der Waals surface area contributed by atoms with E-state index in [1.54, 1.807) is 12.1 Å². The molecule has 39 heavy (non-hydrogen) atoms. The maximum Gasteiger partial charge on any atom is 0.123 e. The van der Waals surface area contributed by atoms with Gasteiger partial charge in [0.1, 0.15) is 11.5 Å². The summed E-state index contributed by atoms with van der Waals surface area (Å²) in [6.45, 7) is 0. The molecule has 0 unspecified atom stereocenters. The Hall–Kier alpha value is -5.08. The van der Waals surface area contributed by atoms with Crippen molar-refractivity contribution in [2.45, 2.75) is 6.42 Å². The lowest BCUT2D eigenvalue weighted by molar-refractivity contribution is 0.477. The molecule has 0 radical (unpaired) electrons. The van der Waals surface area contributed by atoms with Gasteiger partial charge in [0, 0.05) is 11.1 Å².